The number of aromatic nitrogens is 1. The van der Waals surface area contributed by atoms with Gasteiger partial charge in [-0.3, -0.25) is 9.69 Å². The molecule has 0 radical (unpaired) electrons. The zero-order valence-corrected chi connectivity index (χ0v) is 15.1. The smallest absolute Gasteiger partial charge is 0.226 e. The van der Waals surface area contributed by atoms with Gasteiger partial charge in [-0.25, -0.2) is 4.98 Å². The van der Waals surface area contributed by atoms with Crippen molar-refractivity contribution < 1.29 is 4.79 Å². The van der Waals surface area contributed by atoms with Crippen molar-refractivity contribution in [1.29, 1.82) is 0 Å². The highest BCUT2D eigenvalue weighted by atomic mass is 32.1. The van der Waals surface area contributed by atoms with Gasteiger partial charge in [0.1, 0.15) is 0 Å². The van der Waals surface area contributed by atoms with Crippen LogP contribution in [0.25, 0.3) is 0 Å². The number of piperidine rings is 1. The molecule has 5 heteroatoms. The van der Waals surface area contributed by atoms with Gasteiger partial charge >= 0.3 is 0 Å². The molecule has 1 atom stereocenters. The molecule has 1 N–H and O–H groups in total. The molecular weight excluding hydrogens is 294 g/mol. The molecule has 4 nitrogen and oxygen atoms in total. The van der Waals surface area contributed by atoms with E-state index in [0.717, 1.165) is 30.3 Å². The summed E-state index contributed by atoms with van der Waals surface area (Å²) in [5, 5.41) is 6.21. The van der Waals surface area contributed by atoms with Crippen LogP contribution in [0.3, 0.4) is 0 Å². The summed E-state index contributed by atoms with van der Waals surface area (Å²) < 4.78 is 0. The molecule has 0 aromatic carbocycles. The molecule has 2 heterocycles. The van der Waals surface area contributed by atoms with E-state index in [9.17, 15) is 4.79 Å². The lowest BCUT2D eigenvalue weighted by molar-refractivity contribution is -0.120. The van der Waals surface area contributed by atoms with Gasteiger partial charge in [0.05, 0.1) is 17.1 Å². The Kier molecular flexibility index (Phi) is 5.98. The second-order valence-electron chi connectivity index (χ2n) is 7.15. The molecule has 1 aliphatic heterocycles. The van der Waals surface area contributed by atoms with Crippen LogP contribution in [-0.4, -0.2) is 41.5 Å². The van der Waals surface area contributed by atoms with Gasteiger partial charge in [0, 0.05) is 23.4 Å². The molecule has 1 aliphatic rings. The number of likely N-dealkylation sites (N-methyl/N-ethyl adjacent to an activating group) is 1. The Morgan fingerprint density at radius 3 is 2.86 bits per heavy atom. The first kappa shape index (κ1) is 17.4. The number of hydrogen-bond donors (Lipinski definition) is 1. The molecule has 0 bridgehead atoms. The van der Waals surface area contributed by atoms with Gasteiger partial charge in [-0.05, 0) is 25.9 Å². The maximum Gasteiger partial charge on any atom is 0.226 e. The van der Waals surface area contributed by atoms with Gasteiger partial charge in [0.15, 0.2) is 0 Å². The Labute approximate surface area is 138 Å². The average molecular weight is 324 g/mol. The van der Waals surface area contributed by atoms with Crippen LogP contribution in [0.4, 0.5) is 0 Å². The Hall–Kier alpha value is -0.940. The molecule has 1 unspecified atom stereocenters. The summed E-state index contributed by atoms with van der Waals surface area (Å²) in [6.45, 7) is 11.7. The van der Waals surface area contributed by atoms with Crippen molar-refractivity contribution >= 4 is 17.2 Å². The lowest BCUT2D eigenvalue weighted by atomic mass is 9.98. The minimum atomic E-state index is 0.0586. The first-order valence-corrected chi connectivity index (χ1v) is 9.23. The topological polar surface area (TPSA) is 45.2 Å². The SMILES string of the molecule is CCN1CCCCC1CNC(=O)Cc1csc(C(C)(C)C)n1. The van der Waals surface area contributed by atoms with Gasteiger partial charge in [0.25, 0.3) is 0 Å². The maximum absolute atomic E-state index is 12.1. The summed E-state index contributed by atoms with van der Waals surface area (Å²) in [7, 11) is 0. The number of hydrogen-bond acceptors (Lipinski definition) is 4. The van der Waals surface area contributed by atoms with Crippen LogP contribution < -0.4 is 5.32 Å². The van der Waals surface area contributed by atoms with Gasteiger partial charge in [-0.1, -0.05) is 34.1 Å². The summed E-state index contributed by atoms with van der Waals surface area (Å²) in [6.07, 6.45) is 4.15. The number of rotatable bonds is 5. The number of nitrogens with one attached hydrogen (secondary N) is 1. The Balaban J connectivity index is 1.81. The van der Waals surface area contributed by atoms with E-state index in [1.165, 1.54) is 19.3 Å². The highest BCUT2D eigenvalue weighted by Crippen LogP contribution is 2.25. The number of thiazole rings is 1. The van der Waals surface area contributed by atoms with Crippen molar-refractivity contribution in [2.75, 3.05) is 19.6 Å². The molecule has 22 heavy (non-hydrogen) atoms. The molecule has 1 saturated heterocycles. The third-order valence-electron chi connectivity index (χ3n) is 4.23. The number of nitrogens with zero attached hydrogens (tertiary/aromatic N) is 2. The molecule has 1 aromatic heterocycles. The van der Waals surface area contributed by atoms with E-state index in [1.807, 2.05) is 5.38 Å². The fraction of sp³-hybridized carbons (Fsp3) is 0.765. The molecule has 0 aliphatic carbocycles. The summed E-state index contributed by atoms with van der Waals surface area (Å²) >= 11 is 1.65. The van der Waals surface area contributed by atoms with Crippen molar-refractivity contribution in [3.63, 3.8) is 0 Å². The lowest BCUT2D eigenvalue weighted by Crippen LogP contribution is -2.46. The van der Waals surface area contributed by atoms with Crippen LogP contribution in [0, 0.1) is 0 Å². The van der Waals surface area contributed by atoms with Crippen molar-refractivity contribution in [1.82, 2.24) is 15.2 Å². The Morgan fingerprint density at radius 1 is 1.45 bits per heavy atom. The van der Waals surface area contributed by atoms with Gasteiger partial charge in [-0.15, -0.1) is 11.3 Å². The number of likely N-dealkylation sites (tertiary alicyclic amines) is 1. The fourth-order valence-electron chi connectivity index (χ4n) is 2.90. The summed E-state index contributed by atoms with van der Waals surface area (Å²) in [5.74, 6) is 0.0902. The first-order valence-electron chi connectivity index (χ1n) is 8.35. The van der Waals surface area contributed by atoms with Crippen LogP contribution in [0.1, 0.15) is 57.7 Å². The normalized spacial score (nSPS) is 20.1. The predicted molar refractivity (Wildman–Crippen MR) is 92.4 cm³/mol. The highest BCUT2D eigenvalue weighted by molar-refractivity contribution is 7.09. The van der Waals surface area contributed by atoms with E-state index in [2.05, 4.69) is 42.9 Å². The van der Waals surface area contributed by atoms with E-state index < -0.39 is 0 Å². The number of carbonyl (C=O) groups is 1. The van der Waals surface area contributed by atoms with Crippen molar-refractivity contribution in [3.05, 3.63) is 16.1 Å². The van der Waals surface area contributed by atoms with Gasteiger partial charge in [-0.2, -0.15) is 0 Å². The van der Waals surface area contributed by atoms with Crippen LogP contribution in [0.5, 0.6) is 0 Å². The van der Waals surface area contributed by atoms with Crippen molar-refractivity contribution in [3.8, 4) is 0 Å². The summed E-state index contributed by atoms with van der Waals surface area (Å²) in [5.41, 5.74) is 0.951. The minimum absolute atomic E-state index is 0.0586. The van der Waals surface area contributed by atoms with Crippen LogP contribution in [0.2, 0.25) is 0 Å². The van der Waals surface area contributed by atoms with E-state index >= 15 is 0 Å². The molecule has 124 valence electrons. The molecule has 0 spiro atoms. The molecular formula is C17H29N3OS. The van der Waals surface area contributed by atoms with E-state index in [4.69, 9.17) is 0 Å². The molecule has 1 amide bonds. The predicted octanol–water partition coefficient (Wildman–Crippen LogP) is 2.97. The zero-order chi connectivity index (χ0) is 16.2. The average Bonchev–Trinajstić information content (AvgIpc) is 2.94. The van der Waals surface area contributed by atoms with E-state index in [1.54, 1.807) is 11.3 Å². The second-order valence-corrected chi connectivity index (χ2v) is 8.01. The first-order chi connectivity index (χ1) is 10.4. The Bertz CT molecular complexity index is 492. The summed E-state index contributed by atoms with van der Waals surface area (Å²) in [4.78, 5) is 19.2. The number of carbonyl (C=O) groups excluding carboxylic acids is 1. The molecule has 1 fully saturated rings. The second kappa shape index (κ2) is 7.55. The van der Waals surface area contributed by atoms with Gasteiger partial charge in [0.2, 0.25) is 5.91 Å². The highest BCUT2D eigenvalue weighted by Gasteiger charge is 2.22. The van der Waals surface area contributed by atoms with Crippen molar-refractivity contribution in [2.24, 2.45) is 0 Å². The molecule has 1 aromatic rings. The Morgan fingerprint density at radius 2 is 2.23 bits per heavy atom. The monoisotopic (exact) mass is 323 g/mol. The molecule has 0 saturated carbocycles. The largest absolute Gasteiger partial charge is 0.354 e. The van der Waals surface area contributed by atoms with Gasteiger partial charge < -0.3 is 5.32 Å². The maximum atomic E-state index is 12.1. The third kappa shape index (κ3) is 4.78. The quantitative estimate of drug-likeness (QED) is 0.906. The lowest BCUT2D eigenvalue weighted by Gasteiger charge is -2.34. The van der Waals surface area contributed by atoms with E-state index in [-0.39, 0.29) is 11.3 Å². The van der Waals surface area contributed by atoms with Crippen molar-refractivity contribution in [2.45, 2.75) is 64.8 Å². The number of amides is 1. The van der Waals surface area contributed by atoms with E-state index in [0.29, 0.717) is 12.5 Å². The van der Waals surface area contributed by atoms with Crippen LogP contribution in [0.15, 0.2) is 5.38 Å². The molecule has 2 rings (SSSR count). The zero-order valence-electron chi connectivity index (χ0n) is 14.3. The standard InChI is InChI=1S/C17H29N3OS/c1-5-20-9-7-6-8-14(20)11-18-15(21)10-13-12-22-16(19-13)17(2,3)4/h12,14H,5-11H2,1-4H3,(H,18,21). The third-order valence-corrected chi connectivity index (χ3v) is 5.54. The van der Waals surface area contributed by atoms with Crippen LogP contribution in [-0.2, 0) is 16.6 Å². The minimum Gasteiger partial charge on any atom is -0.354 e. The summed E-state index contributed by atoms with van der Waals surface area (Å²) in [6, 6.07) is 0.503. The van der Waals surface area contributed by atoms with Crippen LogP contribution >= 0.6 is 11.3 Å². The fourth-order valence-corrected chi connectivity index (χ4v) is 3.81.